The Morgan fingerprint density at radius 1 is 1.50 bits per heavy atom. The van der Waals surface area contributed by atoms with Gasteiger partial charge in [0.15, 0.2) is 0 Å². The van der Waals surface area contributed by atoms with Crippen molar-refractivity contribution >= 4 is 11.7 Å². The van der Waals surface area contributed by atoms with Crippen molar-refractivity contribution in [1.82, 2.24) is 5.32 Å². The molecule has 2 rings (SSSR count). The summed E-state index contributed by atoms with van der Waals surface area (Å²) in [5.74, 6) is -0.465. The average molecular weight is 252 g/mol. The molecule has 0 atom stereocenters. The second kappa shape index (κ2) is 4.94. The molecule has 1 aromatic carbocycles. The lowest BCUT2D eigenvalue weighted by atomic mass is 9.80. The molecule has 0 saturated heterocycles. The minimum absolute atomic E-state index is 0.138. The first kappa shape index (κ1) is 12.8. The highest BCUT2D eigenvalue weighted by atomic mass is 19.1. The van der Waals surface area contributed by atoms with E-state index in [-0.39, 0.29) is 12.2 Å². The predicted molar refractivity (Wildman–Crippen MR) is 67.0 cm³/mol. The molecule has 0 aliphatic heterocycles. The van der Waals surface area contributed by atoms with Crippen LogP contribution >= 0.6 is 0 Å². The second-order valence-electron chi connectivity index (χ2n) is 4.87. The van der Waals surface area contributed by atoms with Gasteiger partial charge in [-0.3, -0.25) is 0 Å². The normalized spacial score (nSPS) is 16.8. The number of anilines is 1. The quantitative estimate of drug-likeness (QED) is 0.772. The summed E-state index contributed by atoms with van der Waals surface area (Å²) in [6.07, 6.45) is 2.38. The molecule has 1 aliphatic carbocycles. The summed E-state index contributed by atoms with van der Waals surface area (Å²) < 4.78 is 13.5. The first-order valence-corrected chi connectivity index (χ1v) is 6.02. The molecule has 5 heteroatoms. The van der Waals surface area contributed by atoms with Crippen LogP contribution in [0.2, 0.25) is 0 Å². The molecule has 0 heterocycles. The largest absolute Gasteiger partial charge is 0.388 e. The Balaban J connectivity index is 1.87. The molecule has 0 radical (unpaired) electrons. The van der Waals surface area contributed by atoms with Gasteiger partial charge in [-0.15, -0.1) is 0 Å². The summed E-state index contributed by atoms with van der Waals surface area (Å²) in [5, 5.41) is 14.8. The van der Waals surface area contributed by atoms with Crippen LogP contribution in [-0.2, 0) is 0 Å². The molecule has 18 heavy (non-hydrogen) atoms. The Bertz CT molecular complexity index is 458. The highest BCUT2D eigenvalue weighted by Crippen LogP contribution is 2.30. The van der Waals surface area contributed by atoms with Crippen molar-refractivity contribution in [1.29, 1.82) is 0 Å². The van der Waals surface area contributed by atoms with Gasteiger partial charge in [0.1, 0.15) is 5.82 Å². The molecule has 0 unspecified atom stereocenters. The summed E-state index contributed by atoms with van der Waals surface area (Å²) in [6, 6.07) is 4.09. The maximum Gasteiger partial charge on any atom is 0.319 e. The number of carbonyl (C=O) groups is 1. The molecule has 0 spiro atoms. The first-order valence-electron chi connectivity index (χ1n) is 6.02. The van der Waals surface area contributed by atoms with E-state index >= 15 is 0 Å². The predicted octanol–water partition coefficient (Wildman–Crippen LogP) is 2.17. The molecule has 1 aromatic rings. The van der Waals surface area contributed by atoms with Gasteiger partial charge in [0.2, 0.25) is 0 Å². The number of rotatable bonds is 3. The number of carbonyl (C=O) groups excluding carboxylic acids is 1. The van der Waals surface area contributed by atoms with Crippen LogP contribution in [0.3, 0.4) is 0 Å². The fraction of sp³-hybridized carbons (Fsp3) is 0.462. The minimum Gasteiger partial charge on any atom is -0.388 e. The fourth-order valence-corrected chi connectivity index (χ4v) is 1.89. The average Bonchev–Trinajstić information content (AvgIpc) is 2.28. The minimum atomic E-state index is -0.775. The third kappa shape index (κ3) is 2.98. The van der Waals surface area contributed by atoms with E-state index in [9.17, 15) is 14.3 Å². The number of aryl methyl sites for hydroxylation is 1. The number of nitrogens with one attached hydrogen (secondary N) is 2. The van der Waals surface area contributed by atoms with Gasteiger partial charge in [-0.1, -0.05) is 6.07 Å². The smallest absolute Gasteiger partial charge is 0.319 e. The van der Waals surface area contributed by atoms with Crippen molar-refractivity contribution in [2.45, 2.75) is 31.8 Å². The third-order valence-corrected chi connectivity index (χ3v) is 3.24. The van der Waals surface area contributed by atoms with Gasteiger partial charge < -0.3 is 15.7 Å². The van der Waals surface area contributed by atoms with Gasteiger partial charge in [0, 0.05) is 6.54 Å². The number of amides is 2. The van der Waals surface area contributed by atoms with Crippen LogP contribution in [0, 0.1) is 12.7 Å². The summed E-state index contributed by atoms with van der Waals surface area (Å²) in [5.41, 5.74) is 0.157. The van der Waals surface area contributed by atoms with E-state index in [0.29, 0.717) is 12.8 Å². The van der Waals surface area contributed by atoms with E-state index in [1.807, 2.05) is 0 Å². The van der Waals surface area contributed by atoms with Crippen LogP contribution in [0.5, 0.6) is 0 Å². The maximum atomic E-state index is 13.5. The van der Waals surface area contributed by atoms with Crippen molar-refractivity contribution in [3.63, 3.8) is 0 Å². The lowest BCUT2D eigenvalue weighted by Gasteiger charge is -2.36. The molecule has 98 valence electrons. The highest BCUT2D eigenvalue weighted by Gasteiger charge is 2.34. The SMILES string of the molecule is Cc1ccc(NC(=O)NCC2(O)CCC2)c(F)c1. The number of hydrogen-bond donors (Lipinski definition) is 3. The third-order valence-electron chi connectivity index (χ3n) is 3.24. The van der Waals surface area contributed by atoms with Crippen molar-refractivity contribution in [3.05, 3.63) is 29.6 Å². The number of aliphatic hydroxyl groups is 1. The number of hydrogen-bond acceptors (Lipinski definition) is 2. The van der Waals surface area contributed by atoms with Crippen LogP contribution in [0.25, 0.3) is 0 Å². The summed E-state index contributed by atoms with van der Waals surface area (Å²) in [7, 11) is 0. The zero-order valence-corrected chi connectivity index (χ0v) is 10.3. The van der Waals surface area contributed by atoms with Crippen LogP contribution in [0.15, 0.2) is 18.2 Å². The number of benzene rings is 1. The van der Waals surface area contributed by atoms with Gasteiger partial charge in [-0.2, -0.15) is 0 Å². The van der Waals surface area contributed by atoms with E-state index in [0.717, 1.165) is 12.0 Å². The second-order valence-corrected chi connectivity index (χ2v) is 4.87. The topological polar surface area (TPSA) is 61.4 Å². The van der Waals surface area contributed by atoms with Gasteiger partial charge in [-0.25, -0.2) is 9.18 Å². The van der Waals surface area contributed by atoms with Crippen molar-refractivity contribution in [2.75, 3.05) is 11.9 Å². The van der Waals surface area contributed by atoms with Gasteiger partial charge in [0.25, 0.3) is 0 Å². The van der Waals surface area contributed by atoms with E-state index in [2.05, 4.69) is 10.6 Å². The van der Waals surface area contributed by atoms with Crippen LogP contribution in [-0.4, -0.2) is 23.3 Å². The van der Waals surface area contributed by atoms with Crippen molar-refractivity contribution < 1.29 is 14.3 Å². The van der Waals surface area contributed by atoms with Gasteiger partial charge in [0.05, 0.1) is 11.3 Å². The standard InChI is InChI=1S/C13H17FN2O2/c1-9-3-4-11(10(14)7-9)16-12(17)15-8-13(18)5-2-6-13/h3-4,7,18H,2,5-6,8H2,1H3,(H2,15,16,17). The summed E-state index contributed by atoms with van der Waals surface area (Å²) in [6.45, 7) is 1.98. The van der Waals surface area contributed by atoms with E-state index < -0.39 is 17.4 Å². The fourth-order valence-electron chi connectivity index (χ4n) is 1.89. The van der Waals surface area contributed by atoms with E-state index in [1.54, 1.807) is 13.0 Å². The lowest BCUT2D eigenvalue weighted by Crippen LogP contribution is -2.48. The molecule has 4 nitrogen and oxygen atoms in total. The van der Waals surface area contributed by atoms with Crippen LogP contribution < -0.4 is 10.6 Å². The molecule has 1 aliphatic rings. The first-order chi connectivity index (χ1) is 8.48. The molecule has 3 N–H and O–H groups in total. The Morgan fingerprint density at radius 3 is 2.78 bits per heavy atom. The Hall–Kier alpha value is -1.62. The number of halogens is 1. The summed E-state index contributed by atoms with van der Waals surface area (Å²) in [4.78, 5) is 11.5. The monoisotopic (exact) mass is 252 g/mol. The molecule has 0 bridgehead atoms. The highest BCUT2D eigenvalue weighted by molar-refractivity contribution is 5.89. The maximum absolute atomic E-state index is 13.5. The van der Waals surface area contributed by atoms with Gasteiger partial charge >= 0.3 is 6.03 Å². The number of urea groups is 1. The zero-order valence-electron chi connectivity index (χ0n) is 10.3. The Morgan fingerprint density at radius 2 is 2.22 bits per heavy atom. The van der Waals surface area contributed by atoms with E-state index in [1.165, 1.54) is 12.1 Å². The van der Waals surface area contributed by atoms with Gasteiger partial charge in [-0.05, 0) is 43.9 Å². The molecule has 1 saturated carbocycles. The molecule has 0 aromatic heterocycles. The van der Waals surface area contributed by atoms with Crippen molar-refractivity contribution in [3.8, 4) is 0 Å². The van der Waals surface area contributed by atoms with Crippen LogP contribution in [0.4, 0.5) is 14.9 Å². The Kier molecular flexibility index (Phi) is 3.52. The van der Waals surface area contributed by atoms with E-state index in [4.69, 9.17) is 0 Å². The zero-order chi connectivity index (χ0) is 13.2. The molecular formula is C13H17FN2O2. The van der Waals surface area contributed by atoms with Crippen molar-refractivity contribution in [2.24, 2.45) is 0 Å². The van der Waals surface area contributed by atoms with Crippen LogP contribution in [0.1, 0.15) is 24.8 Å². The molecular weight excluding hydrogens is 235 g/mol. The molecule has 2 amide bonds. The molecule has 1 fully saturated rings. The lowest BCUT2D eigenvalue weighted by molar-refractivity contribution is -0.0287. The summed E-state index contributed by atoms with van der Waals surface area (Å²) >= 11 is 0. The Labute approximate surface area is 105 Å².